The number of hydrogen-bond acceptors (Lipinski definition) is 4. The zero-order chi connectivity index (χ0) is 15.6. The Morgan fingerprint density at radius 3 is 2.71 bits per heavy atom. The molecule has 122 valence electrons. The molecule has 1 aliphatic heterocycles. The molecule has 2 rings (SSSR count). The molecule has 0 aromatic carbocycles. The summed E-state index contributed by atoms with van der Waals surface area (Å²) < 4.78 is 0. The van der Waals surface area contributed by atoms with Crippen LogP contribution in [0.2, 0.25) is 0 Å². The molecule has 3 N–H and O–H groups in total. The van der Waals surface area contributed by atoms with Crippen molar-refractivity contribution < 1.29 is 4.79 Å². The van der Waals surface area contributed by atoms with Crippen molar-refractivity contribution in [1.29, 1.82) is 0 Å². The lowest BCUT2D eigenvalue weighted by Gasteiger charge is -2.35. The number of nitrogens with zero attached hydrogens (tertiary/aromatic N) is 2. The molecule has 1 amide bonds. The minimum absolute atomic E-state index is 0.182. The highest BCUT2D eigenvalue weighted by Crippen LogP contribution is 2.35. The Morgan fingerprint density at radius 1 is 1.38 bits per heavy atom. The summed E-state index contributed by atoms with van der Waals surface area (Å²) in [6.07, 6.45) is 3.99. The molecule has 1 heterocycles. The molecule has 1 saturated carbocycles. The lowest BCUT2D eigenvalue weighted by Crippen LogP contribution is -2.57. The maximum atomic E-state index is 12.0. The molecule has 0 aromatic rings. The van der Waals surface area contributed by atoms with Crippen LogP contribution in [0.3, 0.4) is 0 Å². The van der Waals surface area contributed by atoms with Gasteiger partial charge in [-0.05, 0) is 66.6 Å². The molecule has 2 aliphatic rings. The van der Waals surface area contributed by atoms with E-state index in [-0.39, 0.29) is 11.9 Å². The van der Waals surface area contributed by atoms with Crippen molar-refractivity contribution in [3.05, 3.63) is 0 Å². The Balaban J connectivity index is 2.07. The summed E-state index contributed by atoms with van der Waals surface area (Å²) in [6, 6.07) is 1.31. The van der Waals surface area contributed by atoms with Gasteiger partial charge in [0.15, 0.2) is 0 Å². The first-order valence-electron chi connectivity index (χ1n) is 8.36. The monoisotopic (exact) mass is 296 g/mol. The van der Waals surface area contributed by atoms with Crippen LogP contribution in [0.5, 0.6) is 0 Å². The standard InChI is InChI=1S/C16H32N4O/c1-12(2)18-16(15(17)21)7-6-14(10-16)20-9-5-8-19(4)11-13(20)3/h12-14,18H,5-11H2,1-4H3,(H2,17,21). The van der Waals surface area contributed by atoms with Crippen LogP contribution in [0.25, 0.3) is 0 Å². The SMILES string of the molecule is CC(C)NC1(C(N)=O)CCC(N2CCCN(C)CC2C)C1. The molecule has 2 fully saturated rings. The fourth-order valence-electron chi connectivity index (χ4n) is 4.21. The Morgan fingerprint density at radius 2 is 2.10 bits per heavy atom. The van der Waals surface area contributed by atoms with Crippen molar-refractivity contribution in [3.8, 4) is 0 Å². The van der Waals surface area contributed by atoms with Crippen molar-refractivity contribution in [2.45, 2.75) is 70.1 Å². The normalized spacial score (nSPS) is 36.0. The lowest BCUT2D eigenvalue weighted by molar-refractivity contribution is -0.124. The van der Waals surface area contributed by atoms with Gasteiger partial charge in [0.1, 0.15) is 0 Å². The summed E-state index contributed by atoms with van der Waals surface area (Å²) in [7, 11) is 2.20. The van der Waals surface area contributed by atoms with E-state index < -0.39 is 5.54 Å². The van der Waals surface area contributed by atoms with Crippen molar-refractivity contribution in [2.24, 2.45) is 5.73 Å². The number of nitrogens with two attached hydrogens (primary N) is 1. The van der Waals surface area contributed by atoms with Crippen molar-refractivity contribution in [3.63, 3.8) is 0 Å². The van der Waals surface area contributed by atoms with E-state index in [0.717, 1.165) is 32.4 Å². The summed E-state index contributed by atoms with van der Waals surface area (Å²) in [6.45, 7) is 9.88. The first-order valence-corrected chi connectivity index (χ1v) is 8.36. The number of carbonyl (C=O) groups is 1. The van der Waals surface area contributed by atoms with E-state index in [9.17, 15) is 4.79 Å². The molecule has 0 bridgehead atoms. The molecule has 5 nitrogen and oxygen atoms in total. The first-order chi connectivity index (χ1) is 9.84. The summed E-state index contributed by atoms with van der Waals surface area (Å²) >= 11 is 0. The Bertz CT molecular complexity index is 373. The van der Waals surface area contributed by atoms with E-state index >= 15 is 0 Å². The van der Waals surface area contributed by atoms with Crippen LogP contribution in [0.4, 0.5) is 0 Å². The van der Waals surface area contributed by atoms with Crippen molar-refractivity contribution in [1.82, 2.24) is 15.1 Å². The van der Waals surface area contributed by atoms with Gasteiger partial charge in [-0.1, -0.05) is 0 Å². The average Bonchev–Trinajstić information content (AvgIpc) is 2.70. The van der Waals surface area contributed by atoms with Crippen LogP contribution in [0.15, 0.2) is 0 Å². The van der Waals surface area contributed by atoms with Gasteiger partial charge in [0, 0.05) is 24.7 Å². The van der Waals surface area contributed by atoms with Crippen molar-refractivity contribution >= 4 is 5.91 Å². The topological polar surface area (TPSA) is 61.6 Å². The Hall–Kier alpha value is -0.650. The fraction of sp³-hybridized carbons (Fsp3) is 0.938. The minimum atomic E-state index is -0.503. The van der Waals surface area contributed by atoms with Gasteiger partial charge in [0.05, 0.1) is 5.54 Å². The minimum Gasteiger partial charge on any atom is -0.368 e. The van der Waals surface area contributed by atoms with Gasteiger partial charge < -0.3 is 16.0 Å². The molecular formula is C16H32N4O. The Kier molecular flexibility index (Phi) is 5.28. The lowest BCUT2D eigenvalue weighted by atomic mass is 9.95. The third-order valence-corrected chi connectivity index (χ3v) is 5.09. The molecule has 0 radical (unpaired) electrons. The quantitative estimate of drug-likeness (QED) is 0.805. The van der Waals surface area contributed by atoms with Gasteiger partial charge in [-0.15, -0.1) is 0 Å². The zero-order valence-corrected chi connectivity index (χ0v) is 14.1. The smallest absolute Gasteiger partial charge is 0.237 e. The fourth-order valence-corrected chi connectivity index (χ4v) is 4.21. The molecule has 21 heavy (non-hydrogen) atoms. The summed E-state index contributed by atoms with van der Waals surface area (Å²) in [5, 5.41) is 3.45. The molecular weight excluding hydrogens is 264 g/mol. The number of likely N-dealkylation sites (N-methyl/N-ethyl adjacent to an activating group) is 1. The number of hydrogen-bond donors (Lipinski definition) is 2. The van der Waals surface area contributed by atoms with Crippen LogP contribution in [-0.2, 0) is 4.79 Å². The predicted molar refractivity (Wildman–Crippen MR) is 86.1 cm³/mol. The molecule has 1 aliphatic carbocycles. The molecule has 3 unspecified atom stereocenters. The van der Waals surface area contributed by atoms with Gasteiger partial charge in [0.25, 0.3) is 0 Å². The Labute approximate surface area is 129 Å². The molecule has 5 heteroatoms. The second-order valence-electron chi connectivity index (χ2n) is 7.34. The van der Waals surface area contributed by atoms with Crippen LogP contribution >= 0.6 is 0 Å². The number of nitrogens with one attached hydrogen (secondary N) is 1. The summed E-state index contributed by atoms with van der Waals surface area (Å²) in [5.74, 6) is -0.182. The second-order valence-corrected chi connectivity index (χ2v) is 7.34. The number of primary amides is 1. The van der Waals surface area contributed by atoms with E-state index in [0.29, 0.717) is 12.1 Å². The van der Waals surface area contributed by atoms with E-state index in [1.807, 2.05) is 0 Å². The second kappa shape index (κ2) is 6.63. The van der Waals surface area contributed by atoms with Crippen LogP contribution in [0, 0.1) is 0 Å². The molecule has 0 spiro atoms. The van der Waals surface area contributed by atoms with Gasteiger partial charge in [-0.25, -0.2) is 0 Å². The highest BCUT2D eigenvalue weighted by molar-refractivity contribution is 5.85. The first kappa shape index (κ1) is 16.7. The predicted octanol–water partition coefficient (Wildman–Crippen LogP) is 0.787. The van der Waals surface area contributed by atoms with E-state index in [1.165, 1.54) is 13.0 Å². The third-order valence-electron chi connectivity index (χ3n) is 5.09. The summed E-state index contributed by atoms with van der Waals surface area (Å²) in [5.41, 5.74) is 5.23. The van der Waals surface area contributed by atoms with Gasteiger partial charge in [0.2, 0.25) is 5.91 Å². The maximum absolute atomic E-state index is 12.0. The highest BCUT2D eigenvalue weighted by Gasteiger charge is 2.46. The largest absolute Gasteiger partial charge is 0.368 e. The molecule has 3 atom stereocenters. The van der Waals surface area contributed by atoms with Crippen molar-refractivity contribution in [2.75, 3.05) is 26.7 Å². The number of rotatable bonds is 4. The van der Waals surface area contributed by atoms with Crippen LogP contribution in [0.1, 0.15) is 46.5 Å². The van der Waals surface area contributed by atoms with E-state index in [2.05, 4.69) is 42.9 Å². The number of carbonyl (C=O) groups excluding carboxylic acids is 1. The molecule has 1 saturated heterocycles. The van der Waals surface area contributed by atoms with Gasteiger partial charge in [-0.3, -0.25) is 9.69 Å². The van der Waals surface area contributed by atoms with Gasteiger partial charge >= 0.3 is 0 Å². The summed E-state index contributed by atoms with van der Waals surface area (Å²) in [4.78, 5) is 17.0. The van der Waals surface area contributed by atoms with Crippen LogP contribution < -0.4 is 11.1 Å². The zero-order valence-electron chi connectivity index (χ0n) is 14.1. The highest BCUT2D eigenvalue weighted by atomic mass is 16.1. The molecule has 0 aromatic heterocycles. The van der Waals surface area contributed by atoms with Gasteiger partial charge in [-0.2, -0.15) is 0 Å². The van der Waals surface area contributed by atoms with E-state index in [1.54, 1.807) is 0 Å². The number of amides is 1. The van der Waals surface area contributed by atoms with E-state index in [4.69, 9.17) is 5.73 Å². The average molecular weight is 296 g/mol. The van der Waals surface area contributed by atoms with Crippen LogP contribution in [-0.4, -0.2) is 66.1 Å². The maximum Gasteiger partial charge on any atom is 0.237 e. The third kappa shape index (κ3) is 3.76.